The lowest BCUT2D eigenvalue weighted by molar-refractivity contribution is 0.0946. The number of pyridine rings is 1. The summed E-state index contributed by atoms with van der Waals surface area (Å²) in [6.07, 6.45) is 1.47. The monoisotopic (exact) mass is 429 g/mol. The first kappa shape index (κ1) is 21.0. The maximum Gasteiger partial charge on any atom is 0.273 e. The lowest BCUT2D eigenvalue weighted by Gasteiger charge is -2.21. The molecule has 0 aliphatic rings. The molecule has 0 spiro atoms. The molecule has 0 bridgehead atoms. The fourth-order valence-electron chi connectivity index (χ4n) is 3.51. The molecule has 2 aromatic carbocycles. The van der Waals surface area contributed by atoms with Gasteiger partial charge in [0.15, 0.2) is 0 Å². The Hall–Kier alpha value is -4.20. The minimum atomic E-state index is -0.705. The summed E-state index contributed by atoms with van der Waals surface area (Å²) in [6.45, 7) is 5.82. The first-order chi connectivity index (χ1) is 15.5. The molecule has 4 rings (SSSR count). The lowest BCUT2D eigenvalue weighted by atomic mass is 10.1. The van der Waals surface area contributed by atoms with Gasteiger partial charge in [0.25, 0.3) is 11.8 Å². The van der Waals surface area contributed by atoms with Crippen LogP contribution in [0, 0.1) is 0 Å². The van der Waals surface area contributed by atoms with Crippen molar-refractivity contribution in [3.05, 3.63) is 77.5 Å². The van der Waals surface area contributed by atoms with Crippen molar-refractivity contribution >= 4 is 39.4 Å². The number of anilines is 1. The molecule has 0 atom stereocenters. The standard InChI is InChI=1S/C24H23N5O3/c1-3-29(4-2)18-10-9-16-12-19(22(25)30)24(32-21(16)13-18)28-27-23(31)17-11-15-7-5-6-8-20(15)26-14-17/h5-14H,3-4H2,1-2H3,(H2,25,30)(H,27,31). The normalized spacial score (nSPS) is 11.6. The summed E-state index contributed by atoms with van der Waals surface area (Å²) in [5.41, 5.74) is 10.6. The Balaban J connectivity index is 1.72. The summed E-state index contributed by atoms with van der Waals surface area (Å²) in [6, 6.07) is 16.5. The molecule has 4 aromatic rings. The highest BCUT2D eigenvalue weighted by atomic mass is 16.3. The maximum absolute atomic E-state index is 12.6. The van der Waals surface area contributed by atoms with E-state index in [-0.39, 0.29) is 11.1 Å². The van der Waals surface area contributed by atoms with E-state index < -0.39 is 11.8 Å². The van der Waals surface area contributed by atoms with Crippen molar-refractivity contribution in [2.45, 2.75) is 13.8 Å². The second kappa shape index (κ2) is 8.89. The van der Waals surface area contributed by atoms with Crippen molar-refractivity contribution in [3.8, 4) is 0 Å². The van der Waals surface area contributed by atoms with Crippen molar-refractivity contribution < 1.29 is 14.0 Å². The number of nitrogens with one attached hydrogen (secondary N) is 1. The van der Waals surface area contributed by atoms with Crippen LogP contribution < -0.4 is 21.6 Å². The third-order valence-electron chi connectivity index (χ3n) is 5.24. The summed E-state index contributed by atoms with van der Waals surface area (Å²) in [4.78, 5) is 31.0. The van der Waals surface area contributed by atoms with Gasteiger partial charge in [-0.1, -0.05) is 18.2 Å². The molecular formula is C24H23N5O3. The van der Waals surface area contributed by atoms with Crippen molar-refractivity contribution in [1.82, 2.24) is 10.4 Å². The van der Waals surface area contributed by atoms with E-state index >= 15 is 0 Å². The van der Waals surface area contributed by atoms with Gasteiger partial charge in [-0.05, 0) is 44.2 Å². The zero-order chi connectivity index (χ0) is 22.7. The minimum absolute atomic E-state index is 0.0659. The van der Waals surface area contributed by atoms with Crippen LogP contribution in [-0.4, -0.2) is 29.9 Å². The Morgan fingerprint density at radius 3 is 2.59 bits per heavy atom. The van der Waals surface area contributed by atoms with Crippen molar-refractivity contribution in [2.24, 2.45) is 10.8 Å². The SMILES string of the molecule is CCN(CC)c1ccc2cc(C(N)=O)c(=NNC(=O)c3cnc4ccccc4c3)oc2c1. The molecule has 0 fully saturated rings. The Bertz CT molecular complexity index is 1390. The van der Waals surface area contributed by atoms with E-state index in [2.05, 4.69) is 34.3 Å². The van der Waals surface area contributed by atoms with Crippen LogP contribution in [0.2, 0.25) is 0 Å². The number of rotatable bonds is 6. The third-order valence-corrected chi connectivity index (χ3v) is 5.24. The van der Waals surface area contributed by atoms with Crippen LogP contribution in [0.25, 0.3) is 21.9 Å². The maximum atomic E-state index is 12.6. The minimum Gasteiger partial charge on any atom is -0.436 e. The molecule has 0 radical (unpaired) electrons. The average molecular weight is 429 g/mol. The fraction of sp³-hybridized carbons (Fsp3) is 0.167. The number of carbonyl (C=O) groups is 2. The zero-order valence-corrected chi connectivity index (χ0v) is 17.8. The number of hydrogen-bond donors (Lipinski definition) is 2. The second-order valence-corrected chi connectivity index (χ2v) is 7.19. The summed E-state index contributed by atoms with van der Waals surface area (Å²) in [5, 5.41) is 5.58. The average Bonchev–Trinajstić information content (AvgIpc) is 2.82. The molecule has 32 heavy (non-hydrogen) atoms. The summed E-state index contributed by atoms with van der Waals surface area (Å²) >= 11 is 0. The van der Waals surface area contributed by atoms with E-state index in [4.69, 9.17) is 10.2 Å². The van der Waals surface area contributed by atoms with E-state index in [1.165, 1.54) is 6.20 Å². The largest absolute Gasteiger partial charge is 0.436 e. The van der Waals surface area contributed by atoms with Gasteiger partial charge < -0.3 is 15.1 Å². The van der Waals surface area contributed by atoms with Crippen LogP contribution in [0.3, 0.4) is 0 Å². The third kappa shape index (κ3) is 4.15. The number of aromatic nitrogens is 1. The van der Waals surface area contributed by atoms with Gasteiger partial charge in [-0.25, -0.2) is 5.43 Å². The topological polar surface area (TPSA) is 114 Å². The Morgan fingerprint density at radius 1 is 1.06 bits per heavy atom. The van der Waals surface area contributed by atoms with Crippen LogP contribution in [0.5, 0.6) is 0 Å². The predicted octanol–water partition coefficient (Wildman–Crippen LogP) is 3.17. The molecule has 0 unspecified atom stereocenters. The second-order valence-electron chi connectivity index (χ2n) is 7.19. The molecule has 0 saturated heterocycles. The number of amides is 2. The number of primary amides is 1. The Labute approximate surface area is 184 Å². The van der Waals surface area contributed by atoms with Gasteiger partial charge in [0.05, 0.1) is 11.1 Å². The summed E-state index contributed by atoms with van der Waals surface area (Å²) in [7, 11) is 0. The molecule has 0 aliphatic carbocycles. The van der Waals surface area contributed by atoms with Crippen LogP contribution in [0.15, 0.2) is 70.3 Å². The smallest absolute Gasteiger partial charge is 0.273 e. The van der Waals surface area contributed by atoms with Crippen LogP contribution in [-0.2, 0) is 0 Å². The summed E-state index contributed by atoms with van der Waals surface area (Å²) in [5.74, 6) is -1.19. The van der Waals surface area contributed by atoms with Gasteiger partial charge in [-0.3, -0.25) is 14.6 Å². The lowest BCUT2D eigenvalue weighted by Crippen LogP contribution is -2.27. The van der Waals surface area contributed by atoms with Crippen LogP contribution in [0.4, 0.5) is 5.69 Å². The van der Waals surface area contributed by atoms with E-state index in [0.717, 1.165) is 29.7 Å². The molecule has 0 aliphatic heterocycles. The molecule has 8 nitrogen and oxygen atoms in total. The van der Waals surface area contributed by atoms with Crippen molar-refractivity contribution in [3.63, 3.8) is 0 Å². The first-order valence-corrected chi connectivity index (χ1v) is 10.3. The molecule has 2 amide bonds. The number of nitrogens with zero attached hydrogens (tertiary/aromatic N) is 3. The number of benzene rings is 2. The fourth-order valence-corrected chi connectivity index (χ4v) is 3.51. The highest BCUT2D eigenvalue weighted by Crippen LogP contribution is 2.22. The highest BCUT2D eigenvalue weighted by molar-refractivity contribution is 5.97. The molecule has 162 valence electrons. The Morgan fingerprint density at radius 2 is 1.84 bits per heavy atom. The van der Waals surface area contributed by atoms with Gasteiger partial charge in [0, 0.05) is 41.8 Å². The quantitative estimate of drug-likeness (QED) is 0.457. The van der Waals surface area contributed by atoms with Gasteiger partial charge in [-0.2, -0.15) is 0 Å². The number of nitrogens with two attached hydrogens (primary N) is 1. The van der Waals surface area contributed by atoms with E-state index in [0.29, 0.717) is 16.5 Å². The summed E-state index contributed by atoms with van der Waals surface area (Å²) < 4.78 is 5.87. The molecule has 2 aromatic heterocycles. The van der Waals surface area contributed by atoms with Crippen molar-refractivity contribution in [2.75, 3.05) is 18.0 Å². The van der Waals surface area contributed by atoms with Gasteiger partial charge in [0.1, 0.15) is 11.1 Å². The first-order valence-electron chi connectivity index (χ1n) is 10.3. The zero-order valence-electron chi connectivity index (χ0n) is 17.8. The van der Waals surface area contributed by atoms with Gasteiger partial charge in [0.2, 0.25) is 5.55 Å². The number of para-hydroxylation sites is 1. The predicted molar refractivity (Wildman–Crippen MR) is 123 cm³/mol. The van der Waals surface area contributed by atoms with Crippen molar-refractivity contribution in [1.29, 1.82) is 0 Å². The highest BCUT2D eigenvalue weighted by Gasteiger charge is 2.12. The van der Waals surface area contributed by atoms with Gasteiger partial charge >= 0.3 is 0 Å². The molecule has 8 heteroatoms. The molecule has 0 saturated carbocycles. The number of hydrogen-bond acceptors (Lipinski definition) is 6. The van der Waals surface area contributed by atoms with Crippen LogP contribution in [0.1, 0.15) is 34.6 Å². The van der Waals surface area contributed by atoms with Gasteiger partial charge in [-0.15, -0.1) is 5.10 Å². The number of carbonyl (C=O) groups excluding carboxylic acids is 2. The number of fused-ring (bicyclic) bond motifs is 2. The molecular weight excluding hydrogens is 406 g/mol. The van der Waals surface area contributed by atoms with E-state index in [1.807, 2.05) is 42.5 Å². The molecule has 3 N–H and O–H groups in total. The van der Waals surface area contributed by atoms with E-state index in [1.54, 1.807) is 12.1 Å². The molecule has 2 heterocycles. The van der Waals surface area contributed by atoms with E-state index in [9.17, 15) is 9.59 Å². The van der Waals surface area contributed by atoms with Crippen LogP contribution >= 0.6 is 0 Å². The Kier molecular flexibility index (Phi) is 5.85.